The Balaban J connectivity index is 1.73. The summed E-state index contributed by atoms with van der Waals surface area (Å²) in [6.07, 6.45) is 2.31. The van der Waals surface area contributed by atoms with E-state index < -0.39 is 0 Å². The van der Waals surface area contributed by atoms with Crippen molar-refractivity contribution in [2.75, 3.05) is 25.5 Å². The number of nitrogens with zero attached hydrogens (tertiary/aromatic N) is 2. The standard InChI is InChI=1S/C25H29N3O4/c1-3-15-27(25(30)26-22-13-7-8-14-23(22)31-2)19-24(29)28(18-21-12-9-16-32-21)17-20-10-5-4-6-11-20/h4-14,16H,3,15,17-19H2,1-2H3,(H,26,30). The van der Waals surface area contributed by atoms with Crippen LogP contribution in [0.2, 0.25) is 0 Å². The molecule has 32 heavy (non-hydrogen) atoms. The van der Waals surface area contributed by atoms with Crippen LogP contribution in [-0.4, -0.2) is 41.9 Å². The van der Waals surface area contributed by atoms with Crippen LogP contribution in [0.4, 0.5) is 10.5 Å². The van der Waals surface area contributed by atoms with Crippen molar-refractivity contribution in [3.63, 3.8) is 0 Å². The minimum Gasteiger partial charge on any atom is -0.495 e. The molecular weight excluding hydrogens is 406 g/mol. The van der Waals surface area contributed by atoms with Gasteiger partial charge in [-0.25, -0.2) is 4.79 Å². The van der Waals surface area contributed by atoms with Crippen LogP contribution in [0, 0.1) is 0 Å². The van der Waals surface area contributed by atoms with Gasteiger partial charge in [0.25, 0.3) is 0 Å². The number of anilines is 1. The first-order valence-corrected chi connectivity index (χ1v) is 10.6. The van der Waals surface area contributed by atoms with Gasteiger partial charge in [0, 0.05) is 13.1 Å². The Labute approximate surface area is 188 Å². The van der Waals surface area contributed by atoms with Crippen LogP contribution in [0.3, 0.4) is 0 Å². The highest BCUT2D eigenvalue weighted by molar-refractivity contribution is 5.93. The normalized spacial score (nSPS) is 10.4. The molecule has 7 nitrogen and oxygen atoms in total. The van der Waals surface area contributed by atoms with Gasteiger partial charge in [-0.1, -0.05) is 49.4 Å². The van der Waals surface area contributed by atoms with E-state index in [4.69, 9.17) is 9.15 Å². The van der Waals surface area contributed by atoms with Gasteiger partial charge < -0.3 is 24.3 Å². The van der Waals surface area contributed by atoms with Crippen molar-refractivity contribution in [3.8, 4) is 5.75 Å². The van der Waals surface area contributed by atoms with Gasteiger partial charge in [0.05, 0.1) is 25.6 Å². The molecule has 7 heteroatoms. The Morgan fingerprint density at radius 2 is 1.69 bits per heavy atom. The summed E-state index contributed by atoms with van der Waals surface area (Å²) in [6, 6.07) is 20.2. The van der Waals surface area contributed by atoms with Crippen molar-refractivity contribution in [3.05, 3.63) is 84.3 Å². The maximum Gasteiger partial charge on any atom is 0.322 e. The van der Waals surface area contributed by atoms with Gasteiger partial charge in [-0.3, -0.25) is 4.79 Å². The molecule has 1 aromatic heterocycles. The zero-order chi connectivity index (χ0) is 22.8. The molecule has 0 radical (unpaired) electrons. The summed E-state index contributed by atoms with van der Waals surface area (Å²) in [7, 11) is 1.55. The van der Waals surface area contributed by atoms with Gasteiger partial charge in [-0.2, -0.15) is 0 Å². The summed E-state index contributed by atoms with van der Waals surface area (Å²) in [6.45, 7) is 3.14. The van der Waals surface area contributed by atoms with E-state index in [0.717, 1.165) is 12.0 Å². The smallest absolute Gasteiger partial charge is 0.322 e. The fourth-order valence-electron chi connectivity index (χ4n) is 3.35. The second kappa shape index (κ2) is 11.6. The molecule has 0 aliphatic carbocycles. The predicted molar refractivity (Wildman–Crippen MR) is 123 cm³/mol. The first-order chi connectivity index (χ1) is 15.6. The molecule has 1 N–H and O–H groups in total. The average molecular weight is 436 g/mol. The lowest BCUT2D eigenvalue weighted by Crippen LogP contribution is -2.44. The number of urea groups is 1. The highest BCUT2D eigenvalue weighted by Crippen LogP contribution is 2.23. The molecule has 0 aliphatic heterocycles. The fraction of sp³-hybridized carbons (Fsp3) is 0.280. The van der Waals surface area contributed by atoms with Crippen LogP contribution in [0.5, 0.6) is 5.75 Å². The summed E-state index contributed by atoms with van der Waals surface area (Å²) in [5.41, 5.74) is 1.57. The molecule has 0 fully saturated rings. The second-order valence-electron chi connectivity index (χ2n) is 7.37. The van der Waals surface area contributed by atoms with Crippen molar-refractivity contribution in [2.45, 2.75) is 26.4 Å². The van der Waals surface area contributed by atoms with Crippen LogP contribution in [-0.2, 0) is 17.9 Å². The Morgan fingerprint density at radius 3 is 2.38 bits per heavy atom. The number of para-hydroxylation sites is 2. The summed E-state index contributed by atoms with van der Waals surface area (Å²) in [4.78, 5) is 29.5. The highest BCUT2D eigenvalue weighted by Gasteiger charge is 2.22. The molecule has 0 bridgehead atoms. The molecule has 1 heterocycles. The van der Waals surface area contributed by atoms with Crippen molar-refractivity contribution in [1.82, 2.24) is 9.80 Å². The Kier molecular flexibility index (Phi) is 8.31. The molecule has 0 spiro atoms. The number of furan rings is 1. The minimum absolute atomic E-state index is 0.0393. The zero-order valence-corrected chi connectivity index (χ0v) is 18.5. The van der Waals surface area contributed by atoms with E-state index in [0.29, 0.717) is 36.8 Å². The third-order valence-electron chi connectivity index (χ3n) is 4.95. The van der Waals surface area contributed by atoms with Crippen LogP contribution < -0.4 is 10.1 Å². The van der Waals surface area contributed by atoms with Gasteiger partial charge in [0.2, 0.25) is 5.91 Å². The largest absolute Gasteiger partial charge is 0.495 e. The molecule has 0 atom stereocenters. The molecule has 2 aromatic carbocycles. The summed E-state index contributed by atoms with van der Waals surface area (Å²) >= 11 is 0. The monoisotopic (exact) mass is 435 g/mol. The van der Waals surface area contributed by atoms with E-state index in [1.54, 1.807) is 36.5 Å². The number of rotatable bonds is 10. The number of carbonyl (C=O) groups excluding carboxylic acids is 2. The molecule has 168 valence electrons. The molecule has 3 rings (SSSR count). The molecule has 0 saturated carbocycles. The molecular formula is C25H29N3O4. The van der Waals surface area contributed by atoms with Crippen LogP contribution in [0.25, 0.3) is 0 Å². The number of hydrogen-bond donors (Lipinski definition) is 1. The Morgan fingerprint density at radius 1 is 0.938 bits per heavy atom. The topological polar surface area (TPSA) is 75.0 Å². The van der Waals surface area contributed by atoms with E-state index in [1.165, 1.54) is 4.90 Å². The Hall–Kier alpha value is -3.74. The molecule has 3 aromatic rings. The number of benzene rings is 2. The quantitative estimate of drug-likeness (QED) is 0.498. The molecule has 3 amide bonds. The maximum atomic E-state index is 13.3. The van der Waals surface area contributed by atoms with Gasteiger partial charge in [0.15, 0.2) is 0 Å². The second-order valence-corrected chi connectivity index (χ2v) is 7.37. The van der Waals surface area contributed by atoms with Crippen molar-refractivity contribution in [1.29, 1.82) is 0 Å². The first kappa shape index (κ1) is 22.9. The van der Waals surface area contributed by atoms with Gasteiger partial charge in [0.1, 0.15) is 18.1 Å². The van der Waals surface area contributed by atoms with Crippen LogP contribution in [0.1, 0.15) is 24.7 Å². The lowest BCUT2D eigenvalue weighted by molar-refractivity contribution is -0.133. The third-order valence-corrected chi connectivity index (χ3v) is 4.95. The van der Waals surface area contributed by atoms with E-state index in [1.807, 2.05) is 55.5 Å². The zero-order valence-electron chi connectivity index (χ0n) is 18.5. The van der Waals surface area contributed by atoms with Crippen LogP contribution >= 0.6 is 0 Å². The summed E-state index contributed by atoms with van der Waals surface area (Å²) in [5, 5.41) is 2.86. The van der Waals surface area contributed by atoms with Gasteiger partial charge in [-0.15, -0.1) is 0 Å². The first-order valence-electron chi connectivity index (χ1n) is 10.6. The number of amides is 3. The van der Waals surface area contributed by atoms with E-state index >= 15 is 0 Å². The fourth-order valence-corrected chi connectivity index (χ4v) is 3.35. The lowest BCUT2D eigenvalue weighted by atomic mass is 10.2. The molecule has 0 unspecified atom stereocenters. The number of ether oxygens (including phenoxy) is 1. The minimum atomic E-state index is -0.345. The number of methoxy groups -OCH3 is 1. The van der Waals surface area contributed by atoms with E-state index in [2.05, 4.69) is 5.32 Å². The number of hydrogen-bond acceptors (Lipinski definition) is 4. The van der Waals surface area contributed by atoms with Crippen molar-refractivity contribution in [2.24, 2.45) is 0 Å². The third kappa shape index (κ3) is 6.38. The van der Waals surface area contributed by atoms with Crippen molar-refractivity contribution < 1.29 is 18.7 Å². The van der Waals surface area contributed by atoms with Crippen molar-refractivity contribution >= 4 is 17.6 Å². The van der Waals surface area contributed by atoms with Gasteiger partial charge in [-0.05, 0) is 36.2 Å². The van der Waals surface area contributed by atoms with E-state index in [9.17, 15) is 9.59 Å². The number of carbonyl (C=O) groups is 2. The summed E-state index contributed by atoms with van der Waals surface area (Å²) < 4.78 is 10.8. The van der Waals surface area contributed by atoms with E-state index in [-0.39, 0.29) is 18.5 Å². The Bertz CT molecular complexity index is 989. The summed E-state index contributed by atoms with van der Waals surface area (Å²) in [5.74, 6) is 1.09. The average Bonchev–Trinajstić information content (AvgIpc) is 3.32. The predicted octanol–water partition coefficient (Wildman–Crippen LogP) is 4.76. The lowest BCUT2D eigenvalue weighted by Gasteiger charge is -2.27. The van der Waals surface area contributed by atoms with Crippen LogP contribution in [0.15, 0.2) is 77.4 Å². The number of nitrogens with one attached hydrogen (secondary N) is 1. The highest BCUT2D eigenvalue weighted by atomic mass is 16.5. The maximum absolute atomic E-state index is 13.3. The van der Waals surface area contributed by atoms with Gasteiger partial charge >= 0.3 is 6.03 Å². The molecule has 0 saturated heterocycles. The molecule has 0 aliphatic rings. The SMILES string of the molecule is CCCN(CC(=O)N(Cc1ccccc1)Cc1ccco1)C(=O)Nc1ccccc1OC.